The van der Waals surface area contributed by atoms with Gasteiger partial charge in [0.05, 0.1) is 28.8 Å². The van der Waals surface area contributed by atoms with E-state index in [-0.39, 0.29) is 17.9 Å². The van der Waals surface area contributed by atoms with E-state index < -0.39 is 5.97 Å². The van der Waals surface area contributed by atoms with Crippen LogP contribution in [0.25, 0.3) is 10.9 Å². The molecule has 3 rings (SSSR count). The van der Waals surface area contributed by atoms with Crippen LogP contribution < -0.4 is 14.4 Å². The lowest BCUT2D eigenvalue weighted by Gasteiger charge is -2.24. The fourth-order valence-corrected chi connectivity index (χ4v) is 3.65. The van der Waals surface area contributed by atoms with Gasteiger partial charge >= 0.3 is 5.97 Å². The predicted molar refractivity (Wildman–Crippen MR) is 103 cm³/mol. The third-order valence-corrected chi connectivity index (χ3v) is 4.69. The number of carboxylic acid groups (broad SMARTS) is 1. The van der Waals surface area contributed by atoms with Crippen molar-refractivity contribution in [2.45, 2.75) is 58.2 Å². The number of anilines is 1. The lowest BCUT2D eigenvalue weighted by atomic mass is 9.97. The number of carboxylic acids is 1. The SMILES string of the molecule is CC(C)Oc1cc(OC2CCCCC2)c2c(N(C)C)c(C(=O)O)[nH]c2c1. The molecule has 0 unspecified atom stereocenters. The van der Waals surface area contributed by atoms with Crippen LogP contribution in [-0.2, 0) is 0 Å². The summed E-state index contributed by atoms with van der Waals surface area (Å²) in [7, 11) is 3.69. The number of H-pyrrole nitrogens is 1. The molecule has 1 aromatic heterocycles. The summed E-state index contributed by atoms with van der Waals surface area (Å²) in [6, 6.07) is 3.74. The third-order valence-electron chi connectivity index (χ3n) is 4.69. The van der Waals surface area contributed by atoms with Gasteiger partial charge in [-0.1, -0.05) is 6.42 Å². The van der Waals surface area contributed by atoms with Crippen molar-refractivity contribution in [3.8, 4) is 11.5 Å². The first-order valence-corrected chi connectivity index (χ1v) is 9.30. The first kappa shape index (κ1) is 18.4. The highest BCUT2D eigenvalue weighted by atomic mass is 16.5. The molecule has 1 aromatic carbocycles. The minimum absolute atomic E-state index is 0.0252. The topological polar surface area (TPSA) is 74.8 Å². The van der Waals surface area contributed by atoms with Crippen LogP contribution in [0.5, 0.6) is 11.5 Å². The zero-order valence-corrected chi connectivity index (χ0v) is 16.0. The Morgan fingerprint density at radius 2 is 1.92 bits per heavy atom. The standard InChI is InChI=1S/C20H28N2O4/c1-12(2)25-14-10-15-17(19(22(3)4)18(21-15)20(23)24)16(11-14)26-13-8-6-5-7-9-13/h10-13,21H,5-9H2,1-4H3,(H,23,24). The predicted octanol–water partition coefficient (Wildman–Crippen LogP) is 4.43. The molecule has 6 heteroatoms. The minimum atomic E-state index is -0.986. The highest BCUT2D eigenvalue weighted by molar-refractivity contribution is 6.08. The highest BCUT2D eigenvalue weighted by Gasteiger charge is 2.25. The molecule has 6 nitrogen and oxygen atoms in total. The number of benzene rings is 1. The number of aromatic amines is 1. The number of carbonyl (C=O) groups is 1. The molecule has 0 saturated heterocycles. The third kappa shape index (κ3) is 3.74. The van der Waals surface area contributed by atoms with E-state index in [0.717, 1.165) is 23.7 Å². The first-order chi connectivity index (χ1) is 12.4. The smallest absolute Gasteiger partial charge is 0.354 e. The van der Waals surface area contributed by atoms with Crippen molar-refractivity contribution < 1.29 is 19.4 Å². The molecule has 2 N–H and O–H groups in total. The van der Waals surface area contributed by atoms with E-state index in [2.05, 4.69) is 4.98 Å². The van der Waals surface area contributed by atoms with Gasteiger partial charge < -0.3 is 24.5 Å². The summed E-state index contributed by atoms with van der Waals surface area (Å²) in [5.74, 6) is 0.388. The van der Waals surface area contributed by atoms with Gasteiger partial charge in [0.1, 0.15) is 17.2 Å². The Bertz CT molecular complexity index is 789. The zero-order chi connectivity index (χ0) is 18.8. The van der Waals surface area contributed by atoms with Crippen LogP contribution in [0, 0.1) is 0 Å². The maximum Gasteiger partial charge on any atom is 0.354 e. The molecule has 0 spiro atoms. The van der Waals surface area contributed by atoms with Gasteiger partial charge in [-0.05, 0) is 39.5 Å². The number of aromatic carboxylic acids is 1. The van der Waals surface area contributed by atoms with Gasteiger partial charge in [-0.25, -0.2) is 4.79 Å². The maximum atomic E-state index is 11.7. The Morgan fingerprint density at radius 1 is 1.23 bits per heavy atom. The number of nitrogens with one attached hydrogen (secondary N) is 1. The van der Waals surface area contributed by atoms with Gasteiger partial charge in [0.25, 0.3) is 0 Å². The van der Waals surface area contributed by atoms with Crippen LogP contribution in [0.2, 0.25) is 0 Å². The number of hydrogen-bond donors (Lipinski definition) is 2. The van der Waals surface area contributed by atoms with Gasteiger partial charge in [-0.3, -0.25) is 0 Å². The summed E-state index contributed by atoms with van der Waals surface area (Å²) >= 11 is 0. The van der Waals surface area contributed by atoms with Crippen molar-refractivity contribution in [2.24, 2.45) is 0 Å². The highest BCUT2D eigenvalue weighted by Crippen LogP contribution is 2.41. The summed E-state index contributed by atoms with van der Waals surface area (Å²) in [6.45, 7) is 3.93. The Hall–Kier alpha value is -2.37. The minimum Gasteiger partial charge on any atom is -0.491 e. The van der Waals surface area contributed by atoms with E-state index in [1.54, 1.807) is 0 Å². The normalized spacial score (nSPS) is 15.4. The quantitative estimate of drug-likeness (QED) is 0.797. The van der Waals surface area contributed by atoms with Gasteiger partial charge in [-0.2, -0.15) is 0 Å². The lowest BCUT2D eigenvalue weighted by molar-refractivity contribution is 0.0692. The number of rotatable bonds is 6. The van der Waals surface area contributed by atoms with Crippen LogP contribution in [0.3, 0.4) is 0 Å². The molecule has 142 valence electrons. The maximum absolute atomic E-state index is 11.7. The van der Waals surface area contributed by atoms with Crippen LogP contribution in [0.15, 0.2) is 12.1 Å². The Balaban J connectivity index is 2.14. The van der Waals surface area contributed by atoms with E-state index >= 15 is 0 Å². The van der Waals surface area contributed by atoms with Crippen molar-refractivity contribution in [1.29, 1.82) is 0 Å². The summed E-state index contributed by atoms with van der Waals surface area (Å²) in [5.41, 5.74) is 1.52. The number of fused-ring (bicyclic) bond motifs is 1. The number of hydrogen-bond acceptors (Lipinski definition) is 4. The molecule has 1 saturated carbocycles. The van der Waals surface area contributed by atoms with E-state index in [0.29, 0.717) is 17.2 Å². The van der Waals surface area contributed by atoms with Crippen LogP contribution >= 0.6 is 0 Å². The monoisotopic (exact) mass is 360 g/mol. The number of aromatic nitrogens is 1. The van der Waals surface area contributed by atoms with Crippen molar-refractivity contribution in [3.05, 3.63) is 17.8 Å². The van der Waals surface area contributed by atoms with Gasteiger partial charge in [-0.15, -0.1) is 0 Å². The summed E-state index contributed by atoms with van der Waals surface area (Å²) in [4.78, 5) is 16.6. The number of nitrogens with zero attached hydrogens (tertiary/aromatic N) is 1. The molecule has 0 atom stereocenters. The van der Waals surface area contributed by atoms with E-state index in [1.165, 1.54) is 19.3 Å². The molecule has 0 amide bonds. The molecular weight excluding hydrogens is 332 g/mol. The second-order valence-electron chi connectivity index (χ2n) is 7.44. The fourth-order valence-electron chi connectivity index (χ4n) is 3.65. The first-order valence-electron chi connectivity index (χ1n) is 9.30. The molecule has 0 radical (unpaired) electrons. The fraction of sp³-hybridized carbons (Fsp3) is 0.550. The largest absolute Gasteiger partial charge is 0.491 e. The second-order valence-corrected chi connectivity index (χ2v) is 7.44. The molecule has 2 aromatic rings. The molecule has 1 aliphatic rings. The van der Waals surface area contributed by atoms with Crippen LogP contribution in [0.1, 0.15) is 56.4 Å². The van der Waals surface area contributed by atoms with Crippen molar-refractivity contribution in [1.82, 2.24) is 4.98 Å². The lowest BCUT2D eigenvalue weighted by Crippen LogP contribution is -2.20. The molecule has 0 aliphatic heterocycles. The van der Waals surface area contributed by atoms with Gasteiger partial charge in [0, 0.05) is 26.2 Å². The Kier molecular flexibility index (Phi) is 5.30. The summed E-state index contributed by atoms with van der Waals surface area (Å²) in [5, 5.41) is 10.4. The average molecular weight is 360 g/mol. The summed E-state index contributed by atoms with van der Waals surface area (Å²) in [6.07, 6.45) is 5.85. The van der Waals surface area contributed by atoms with Crippen LogP contribution in [-0.4, -0.2) is 42.4 Å². The van der Waals surface area contributed by atoms with Crippen molar-refractivity contribution in [2.75, 3.05) is 19.0 Å². The van der Waals surface area contributed by atoms with Crippen molar-refractivity contribution in [3.63, 3.8) is 0 Å². The summed E-state index contributed by atoms with van der Waals surface area (Å²) < 4.78 is 12.2. The van der Waals surface area contributed by atoms with E-state index in [1.807, 2.05) is 45.0 Å². The zero-order valence-electron chi connectivity index (χ0n) is 16.0. The molecule has 1 heterocycles. The van der Waals surface area contributed by atoms with Gasteiger partial charge in [0.15, 0.2) is 0 Å². The Labute approximate surface area is 154 Å². The van der Waals surface area contributed by atoms with Crippen molar-refractivity contribution >= 4 is 22.6 Å². The van der Waals surface area contributed by atoms with Crippen LogP contribution in [0.4, 0.5) is 5.69 Å². The molecule has 1 fully saturated rings. The Morgan fingerprint density at radius 3 is 2.50 bits per heavy atom. The average Bonchev–Trinajstić information content (AvgIpc) is 2.95. The van der Waals surface area contributed by atoms with E-state index in [4.69, 9.17) is 9.47 Å². The molecule has 26 heavy (non-hydrogen) atoms. The molecule has 1 aliphatic carbocycles. The number of ether oxygens (including phenoxy) is 2. The molecule has 0 bridgehead atoms. The second kappa shape index (κ2) is 7.48. The van der Waals surface area contributed by atoms with E-state index in [9.17, 15) is 9.90 Å². The molecular formula is C20H28N2O4. The van der Waals surface area contributed by atoms with Gasteiger partial charge in [0.2, 0.25) is 0 Å².